The number of hydrogen-bond donors (Lipinski definition) is 1. The molecule has 5 nitrogen and oxygen atoms in total. The normalized spacial score (nSPS) is 14.1. The van der Waals surface area contributed by atoms with Gasteiger partial charge >= 0.3 is 0 Å². The third kappa shape index (κ3) is 3.89. The van der Waals surface area contributed by atoms with E-state index < -0.39 is 0 Å². The van der Waals surface area contributed by atoms with Crippen molar-refractivity contribution in [3.8, 4) is 11.4 Å². The van der Waals surface area contributed by atoms with Crippen LogP contribution in [0.1, 0.15) is 41.9 Å². The van der Waals surface area contributed by atoms with Gasteiger partial charge in [-0.25, -0.2) is 4.39 Å². The molecule has 3 aromatic rings. The molecule has 4 rings (SSSR count). The van der Waals surface area contributed by atoms with Gasteiger partial charge in [0.05, 0.1) is 0 Å². The SMILES string of the molecule is O=C(Nc1ccc(-c2nnc3n2CCCCCC3)cc1)c1ccc(F)cc1. The molecular weight excluding hydrogens is 343 g/mol. The lowest BCUT2D eigenvalue weighted by Gasteiger charge is -2.13. The minimum atomic E-state index is -0.362. The highest BCUT2D eigenvalue weighted by molar-refractivity contribution is 6.04. The van der Waals surface area contributed by atoms with Crippen molar-refractivity contribution in [1.29, 1.82) is 0 Å². The van der Waals surface area contributed by atoms with Crippen LogP contribution in [0, 0.1) is 5.82 Å². The van der Waals surface area contributed by atoms with Gasteiger partial charge in [-0.3, -0.25) is 4.79 Å². The summed E-state index contributed by atoms with van der Waals surface area (Å²) in [5, 5.41) is 11.6. The minimum absolute atomic E-state index is 0.268. The van der Waals surface area contributed by atoms with Crippen LogP contribution >= 0.6 is 0 Å². The molecule has 0 radical (unpaired) electrons. The summed E-state index contributed by atoms with van der Waals surface area (Å²) in [7, 11) is 0. The number of anilines is 1. The van der Waals surface area contributed by atoms with Gasteiger partial charge < -0.3 is 9.88 Å². The van der Waals surface area contributed by atoms with Crippen LogP contribution in [0.15, 0.2) is 48.5 Å². The number of benzene rings is 2. The highest BCUT2D eigenvalue weighted by Gasteiger charge is 2.15. The molecule has 6 heteroatoms. The molecule has 0 unspecified atom stereocenters. The number of amides is 1. The molecule has 2 heterocycles. The molecule has 0 spiro atoms. The number of fused-ring (bicyclic) bond motifs is 1. The predicted molar refractivity (Wildman–Crippen MR) is 102 cm³/mol. The third-order valence-corrected chi connectivity index (χ3v) is 4.87. The van der Waals surface area contributed by atoms with E-state index in [1.807, 2.05) is 24.3 Å². The summed E-state index contributed by atoms with van der Waals surface area (Å²) in [6.07, 6.45) is 5.77. The number of nitrogens with zero attached hydrogens (tertiary/aromatic N) is 3. The number of aromatic nitrogens is 3. The topological polar surface area (TPSA) is 59.8 Å². The molecule has 1 aliphatic rings. The summed E-state index contributed by atoms with van der Waals surface area (Å²) in [6.45, 7) is 0.945. The summed E-state index contributed by atoms with van der Waals surface area (Å²) < 4.78 is 15.2. The molecule has 1 aliphatic heterocycles. The van der Waals surface area contributed by atoms with E-state index in [4.69, 9.17) is 0 Å². The van der Waals surface area contributed by atoms with Gasteiger partial charge in [0.1, 0.15) is 11.6 Å². The van der Waals surface area contributed by atoms with Gasteiger partial charge in [0.25, 0.3) is 5.91 Å². The van der Waals surface area contributed by atoms with Crippen LogP contribution in [0.25, 0.3) is 11.4 Å². The molecule has 0 saturated carbocycles. The minimum Gasteiger partial charge on any atom is -0.322 e. The van der Waals surface area contributed by atoms with Gasteiger partial charge in [-0.2, -0.15) is 0 Å². The molecule has 2 aromatic carbocycles. The fourth-order valence-electron chi connectivity index (χ4n) is 3.38. The monoisotopic (exact) mass is 364 g/mol. The van der Waals surface area contributed by atoms with Crippen molar-refractivity contribution in [3.05, 3.63) is 65.7 Å². The van der Waals surface area contributed by atoms with Crippen LogP contribution in [-0.2, 0) is 13.0 Å². The number of rotatable bonds is 3. The Morgan fingerprint density at radius 3 is 2.44 bits per heavy atom. The first-order chi connectivity index (χ1) is 13.2. The zero-order valence-corrected chi connectivity index (χ0v) is 15.0. The van der Waals surface area contributed by atoms with E-state index in [-0.39, 0.29) is 11.7 Å². The van der Waals surface area contributed by atoms with Crippen LogP contribution in [0.3, 0.4) is 0 Å². The third-order valence-electron chi connectivity index (χ3n) is 4.87. The van der Waals surface area contributed by atoms with E-state index in [9.17, 15) is 9.18 Å². The van der Waals surface area contributed by atoms with E-state index in [0.717, 1.165) is 43.0 Å². The molecule has 0 saturated heterocycles. The zero-order chi connectivity index (χ0) is 18.6. The van der Waals surface area contributed by atoms with Crippen LogP contribution < -0.4 is 5.32 Å². The van der Waals surface area contributed by atoms with Crippen LogP contribution in [0.2, 0.25) is 0 Å². The Morgan fingerprint density at radius 1 is 0.926 bits per heavy atom. The Kier molecular flexibility index (Phi) is 4.96. The second-order valence-corrected chi connectivity index (χ2v) is 6.79. The highest BCUT2D eigenvalue weighted by Crippen LogP contribution is 2.24. The molecule has 138 valence electrons. The molecule has 0 atom stereocenters. The van der Waals surface area contributed by atoms with E-state index in [1.54, 1.807) is 0 Å². The Labute approximate surface area is 157 Å². The second-order valence-electron chi connectivity index (χ2n) is 6.79. The number of nitrogens with one attached hydrogen (secondary N) is 1. The summed E-state index contributed by atoms with van der Waals surface area (Å²) in [6, 6.07) is 13.1. The largest absolute Gasteiger partial charge is 0.322 e. The van der Waals surface area contributed by atoms with E-state index in [0.29, 0.717) is 11.3 Å². The van der Waals surface area contributed by atoms with Crippen molar-refractivity contribution in [2.24, 2.45) is 0 Å². The average Bonchev–Trinajstić information content (AvgIpc) is 3.04. The van der Waals surface area contributed by atoms with Crippen LogP contribution in [0.4, 0.5) is 10.1 Å². The molecule has 1 amide bonds. The van der Waals surface area contributed by atoms with Crippen molar-refractivity contribution in [3.63, 3.8) is 0 Å². The van der Waals surface area contributed by atoms with E-state index in [1.165, 1.54) is 37.1 Å². The van der Waals surface area contributed by atoms with Crippen molar-refractivity contribution >= 4 is 11.6 Å². The number of halogens is 1. The summed E-state index contributed by atoms with van der Waals surface area (Å²) in [4.78, 5) is 12.2. The highest BCUT2D eigenvalue weighted by atomic mass is 19.1. The molecule has 1 aromatic heterocycles. The standard InChI is InChI=1S/C21H21FN4O/c22-17-10-6-16(7-11-17)21(27)23-18-12-8-15(9-13-18)20-25-24-19-5-3-1-2-4-14-26(19)20/h6-13H,1-5,14H2,(H,23,27). The molecule has 0 bridgehead atoms. The van der Waals surface area contributed by atoms with Crippen molar-refractivity contribution in [1.82, 2.24) is 14.8 Å². The summed E-state index contributed by atoms with van der Waals surface area (Å²) >= 11 is 0. The average molecular weight is 364 g/mol. The van der Waals surface area contributed by atoms with Crippen LogP contribution in [0.5, 0.6) is 0 Å². The van der Waals surface area contributed by atoms with Crippen LogP contribution in [-0.4, -0.2) is 20.7 Å². The molecule has 27 heavy (non-hydrogen) atoms. The number of carbonyl (C=O) groups excluding carboxylic acids is 1. The number of carbonyl (C=O) groups is 1. The van der Waals surface area contributed by atoms with Gasteiger partial charge in [0, 0.05) is 29.8 Å². The first-order valence-electron chi connectivity index (χ1n) is 9.30. The Balaban J connectivity index is 1.51. The fourth-order valence-corrected chi connectivity index (χ4v) is 3.38. The maximum absolute atomic E-state index is 13.0. The van der Waals surface area contributed by atoms with Gasteiger partial charge in [0.2, 0.25) is 0 Å². The maximum atomic E-state index is 13.0. The van der Waals surface area contributed by atoms with E-state index >= 15 is 0 Å². The second kappa shape index (κ2) is 7.70. The maximum Gasteiger partial charge on any atom is 0.255 e. The fraction of sp³-hybridized carbons (Fsp3) is 0.286. The van der Waals surface area contributed by atoms with Crippen molar-refractivity contribution in [2.45, 2.75) is 38.6 Å². The predicted octanol–water partition coefficient (Wildman–Crippen LogP) is 4.45. The number of hydrogen-bond acceptors (Lipinski definition) is 3. The van der Waals surface area contributed by atoms with Gasteiger partial charge in [0.15, 0.2) is 5.82 Å². The lowest BCUT2D eigenvalue weighted by atomic mass is 10.1. The van der Waals surface area contributed by atoms with Crippen molar-refractivity contribution < 1.29 is 9.18 Å². The number of aryl methyl sites for hydroxylation is 1. The molecule has 0 aliphatic carbocycles. The lowest BCUT2D eigenvalue weighted by Crippen LogP contribution is -2.11. The van der Waals surface area contributed by atoms with Gasteiger partial charge in [-0.1, -0.05) is 12.8 Å². The molecular formula is C21H21FN4O. The first kappa shape index (κ1) is 17.4. The summed E-state index contributed by atoms with van der Waals surface area (Å²) in [5.41, 5.74) is 2.08. The Hall–Kier alpha value is -3.02. The zero-order valence-electron chi connectivity index (χ0n) is 15.0. The Morgan fingerprint density at radius 2 is 1.67 bits per heavy atom. The molecule has 0 fully saturated rings. The Bertz CT molecular complexity index is 932. The van der Waals surface area contributed by atoms with Gasteiger partial charge in [-0.05, 0) is 61.4 Å². The van der Waals surface area contributed by atoms with Gasteiger partial charge in [-0.15, -0.1) is 10.2 Å². The quantitative estimate of drug-likeness (QED) is 0.747. The van der Waals surface area contributed by atoms with Crippen molar-refractivity contribution in [2.75, 3.05) is 5.32 Å². The lowest BCUT2D eigenvalue weighted by molar-refractivity contribution is 0.102. The van der Waals surface area contributed by atoms with E-state index in [2.05, 4.69) is 20.1 Å². The smallest absolute Gasteiger partial charge is 0.255 e. The first-order valence-corrected chi connectivity index (χ1v) is 9.30. The molecule has 1 N–H and O–H groups in total. The summed E-state index contributed by atoms with van der Waals surface area (Å²) in [5.74, 6) is 1.30.